The third kappa shape index (κ3) is 2.56. The van der Waals surface area contributed by atoms with Crippen LogP contribution < -0.4 is 5.56 Å². The van der Waals surface area contributed by atoms with E-state index in [1.807, 2.05) is 0 Å². The van der Waals surface area contributed by atoms with Crippen LogP contribution in [0.1, 0.15) is 42.4 Å². The number of hydrogen-bond acceptors (Lipinski definition) is 4. The third-order valence-electron chi connectivity index (χ3n) is 3.44. The summed E-state index contributed by atoms with van der Waals surface area (Å²) in [6.45, 7) is 7.98. The van der Waals surface area contributed by atoms with E-state index in [9.17, 15) is 19.5 Å². The maximum Gasteiger partial charge on any atom is 0.329 e. The first-order valence-electron chi connectivity index (χ1n) is 6.25. The van der Waals surface area contributed by atoms with Crippen molar-refractivity contribution in [3.8, 4) is 0 Å². The molecule has 7 nitrogen and oxygen atoms in total. The van der Waals surface area contributed by atoms with Crippen LogP contribution in [0.4, 0.5) is 0 Å². The highest BCUT2D eigenvalue weighted by Crippen LogP contribution is 2.18. The predicted octanol–water partition coefficient (Wildman–Crippen LogP) is 0.712. The van der Waals surface area contributed by atoms with E-state index in [0.29, 0.717) is 11.3 Å². The molecule has 1 amide bonds. The Morgan fingerprint density at radius 2 is 1.90 bits per heavy atom. The molecule has 0 fully saturated rings. The minimum Gasteiger partial charge on any atom is -0.480 e. The smallest absolute Gasteiger partial charge is 0.329 e. The van der Waals surface area contributed by atoms with Crippen LogP contribution in [0, 0.1) is 13.8 Å². The Hall–Kier alpha value is -2.18. The van der Waals surface area contributed by atoms with Gasteiger partial charge in [0.05, 0.1) is 5.69 Å². The molecule has 1 heterocycles. The molecule has 1 rings (SSSR count). The fourth-order valence-corrected chi connectivity index (χ4v) is 1.93. The SMILES string of the molecule is CCN(C(=O)c1c(C)c(C)n[nH]c1=O)C(C)(C)C(=O)O. The number of hydrogen-bond donors (Lipinski definition) is 2. The number of carbonyl (C=O) groups excluding carboxylic acids is 1. The number of aromatic amines is 1. The van der Waals surface area contributed by atoms with Gasteiger partial charge >= 0.3 is 5.97 Å². The number of aliphatic carboxylic acids is 1. The van der Waals surface area contributed by atoms with Gasteiger partial charge in [-0.15, -0.1) is 0 Å². The van der Waals surface area contributed by atoms with Crippen LogP contribution in [0.5, 0.6) is 0 Å². The molecule has 1 aromatic rings. The minimum atomic E-state index is -1.40. The molecule has 0 atom stereocenters. The van der Waals surface area contributed by atoms with Crippen molar-refractivity contribution in [3.05, 3.63) is 27.2 Å². The van der Waals surface area contributed by atoms with Crippen molar-refractivity contribution in [1.82, 2.24) is 15.1 Å². The van der Waals surface area contributed by atoms with Crippen LogP contribution in [-0.4, -0.2) is 44.2 Å². The van der Waals surface area contributed by atoms with Crippen molar-refractivity contribution >= 4 is 11.9 Å². The molecule has 0 aliphatic heterocycles. The van der Waals surface area contributed by atoms with Gasteiger partial charge < -0.3 is 10.0 Å². The van der Waals surface area contributed by atoms with E-state index in [4.69, 9.17) is 0 Å². The quantitative estimate of drug-likeness (QED) is 0.846. The zero-order valence-electron chi connectivity index (χ0n) is 12.3. The van der Waals surface area contributed by atoms with Crippen LogP contribution in [0.25, 0.3) is 0 Å². The van der Waals surface area contributed by atoms with Gasteiger partial charge in [-0.3, -0.25) is 9.59 Å². The van der Waals surface area contributed by atoms with E-state index < -0.39 is 23.0 Å². The monoisotopic (exact) mass is 281 g/mol. The summed E-state index contributed by atoms with van der Waals surface area (Å²) in [7, 11) is 0. The number of nitrogens with one attached hydrogen (secondary N) is 1. The topological polar surface area (TPSA) is 103 Å². The van der Waals surface area contributed by atoms with Crippen molar-refractivity contribution in [2.24, 2.45) is 0 Å². The molecular weight excluding hydrogens is 262 g/mol. The molecular formula is C13H19N3O4. The largest absolute Gasteiger partial charge is 0.480 e. The molecule has 0 radical (unpaired) electrons. The molecule has 0 aliphatic rings. The van der Waals surface area contributed by atoms with Crippen LogP contribution in [0.2, 0.25) is 0 Å². The summed E-state index contributed by atoms with van der Waals surface area (Å²) in [6, 6.07) is 0. The Labute approximate surface area is 116 Å². The Morgan fingerprint density at radius 1 is 1.35 bits per heavy atom. The van der Waals surface area contributed by atoms with Crippen molar-refractivity contribution in [3.63, 3.8) is 0 Å². The van der Waals surface area contributed by atoms with E-state index in [0.717, 1.165) is 4.90 Å². The van der Waals surface area contributed by atoms with Gasteiger partial charge in [-0.1, -0.05) is 0 Å². The zero-order valence-corrected chi connectivity index (χ0v) is 12.3. The average molecular weight is 281 g/mol. The standard InChI is InChI=1S/C13H19N3O4/c1-6-16(13(4,5)12(19)20)11(18)9-7(2)8(3)14-15-10(9)17/h6H2,1-5H3,(H,15,17)(H,19,20). The third-order valence-corrected chi connectivity index (χ3v) is 3.44. The number of aromatic nitrogens is 2. The number of carboxylic acids is 1. The first kappa shape index (κ1) is 15.9. The van der Waals surface area contributed by atoms with Crippen LogP contribution in [0.15, 0.2) is 4.79 Å². The molecule has 7 heteroatoms. The fourth-order valence-electron chi connectivity index (χ4n) is 1.93. The predicted molar refractivity (Wildman–Crippen MR) is 72.8 cm³/mol. The number of amides is 1. The lowest BCUT2D eigenvalue weighted by Gasteiger charge is -2.34. The number of rotatable bonds is 4. The molecule has 20 heavy (non-hydrogen) atoms. The van der Waals surface area contributed by atoms with Gasteiger partial charge in [-0.25, -0.2) is 9.89 Å². The summed E-state index contributed by atoms with van der Waals surface area (Å²) in [5.41, 5.74) is -1.09. The molecule has 0 unspecified atom stereocenters. The van der Waals surface area contributed by atoms with E-state index in [1.165, 1.54) is 13.8 Å². The van der Waals surface area contributed by atoms with Crippen molar-refractivity contribution in [2.75, 3.05) is 6.54 Å². The lowest BCUT2D eigenvalue weighted by atomic mass is 10.0. The number of nitrogens with zero attached hydrogens (tertiary/aromatic N) is 2. The molecule has 0 bridgehead atoms. The Bertz CT molecular complexity index is 604. The second kappa shape index (κ2) is 5.44. The van der Waals surface area contributed by atoms with Crippen molar-refractivity contribution < 1.29 is 14.7 Å². The molecule has 0 aromatic carbocycles. The maximum absolute atomic E-state index is 12.5. The normalized spacial score (nSPS) is 11.2. The Morgan fingerprint density at radius 3 is 2.35 bits per heavy atom. The lowest BCUT2D eigenvalue weighted by molar-refractivity contribution is -0.147. The highest BCUT2D eigenvalue weighted by atomic mass is 16.4. The van der Waals surface area contributed by atoms with Gasteiger partial charge in [-0.2, -0.15) is 5.10 Å². The average Bonchev–Trinajstić information content (AvgIpc) is 2.34. The van der Waals surface area contributed by atoms with Crippen molar-refractivity contribution in [2.45, 2.75) is 40.2 Å². The Kier molecular flexibility index (Phi) is 4.32. The summed E-state index contributed by atoms with van der Waals surface area (Å²) < 4.78 is 0. The second-order valence-corrected chi connectivity index (χ2v) is 5.05. The van der Waals surface area contributed by atoms with Crippen molar-refractivity contribution in [1.29, 1.82) is 0 Å². The Balaban J connectivity index is 3.41. The molecule has 2 N–H and O–H groups in total. The summed E-state index contributed by atoms with van der Waals surface area (Å²) in [4.78, 5) is 36.8. The second-order valence-electron chi connectivity index (χ2n) is 5.05. The summed E-state index contributed by atoms with van der Waals surface area (Å²) in [5.74, 6) is -1.74. The van der Waals surface area contributed by atoms with Gasteiger partial charge in [0.25, 0.3) is 11.5 Å². The summed E-state index contributed by atoms with van der Waals surface area (Å²) in [5, 5.41) is 15.3. The first-order chi connectivity index (χ1) is 9.14. The number of H-pyrrole nitrogens is 1. The van der Waals surface area contributed by atoms with Crippen LogP contribution >= 0.6 is 0 Å². The number of aryl methyl sites for hydroxylation is 1. The number of carboxylic acid groups (broad SMARTS) is 1. The van der Waals surface area contributed by atoms with E-state index in [-0.39, 0.29) is 12.1 Å². The molecule has 110 valence electrons. The molecule has 0 spiro atoms. The zero-order chi connectivity index (χ0) is 15.7. The minimum absolute atomic E-state index is 0.0614. The highest BCUT2D eigenvalue weighted by Gasteiger charge is 2.38. The fraction of sp³-hybridized carbons (Fsp3) is 0.538. The van der Waals surface area contributed by atoms with Gasteiger partial charge in [-0.05, 0) is 40.2 Å². The molecule has 0 aliphatic carbocycles. The lowest BCUT2D eigenvalue weighted by Crippen LogP contribution is -2.54. The number of likely N-dealkylation sites (N-methyl/N-ethyl adjacent to an activating group) is 1. The van der Waals surface area contributed by atoms with E-state index >= 15 is 0 Å². The molecule has 0 saturated heterocycles. The van der Waals surface area contributed by atoms with Gasteiger partial charge in [0.15, 0.2) is 0 Å². The van der Waals surface area contributed by atoms with Crippen LogP contribution in [-0.2, 0) is 4.79 Å². The molecule has 1 aromatic heterocycles. The number of carbonyl (C=O) groups is 2. The van der Waals surface area contributed by atoms with E-state index in [1.54, 1.807) is 20.8 Å². The summed E-state index contributed by atoms with van der Waals surface area (Å²) in [6.07, 6.45) is 0. The first-order valence-corrected chi connectivity index (χ1v) is 6.25. The van der Waals surface area contributed by atoms with E-state index in [2.05, 4.69) is 10.2 Å². The van der Waals surface area contributed by atoms with Gasteiger partial charge in [0.1, 0.15) is 11.1 Å². The van der Waals surface area contributed by atoms with Gasteiger partial charge in [0, 0.05) is 6.54 Å². The van der Waals surface area contributed by atoms with Gasteiger partial charge in [0.2, 0.25) is 0 Å². The molecule has 0 saturated carbocycles. The summed E-state index contributed by atoms with van der Waals surface area (Å²) >= 11 is 0. The maximum atomic E-state index is 12.5. The van der Waals surface area contributed by atoms with Crippen LogP contribution in [0.3, 0.4) is 0 Å². The highest BCUT2D eigenvalue weighted by molar-refractivity contribution is 5.98.